The summed E-state index contributed by atoms with van der Waals surface area (Å²) < 4.78 is 11.2. The van der Waals surface area contributed by atoms with E-state index in [0.29, 0.717) is 83.6 Å². The van der Waals surface area contributed by atoms with Crippen molar-refractivity contribution in [3.63, 3.8) is 0 Å². The van der Waals surface area contributed by atoms with Gasteiger partial charge in [-0.25, -0.2) is 0 Å². The molecule has 0 aliphatic carbocycles. The normalized spacial score (nSPS) is 10.7. The highest BCUT2D eigenvalue weighted by Crippen LogP contribution is 2.28. The Balaban J connectivity index is 1.38. The number of halogens is 4. The van der Waals surface area contributed by atoms with Crippen LogP contribution >= 0.6 is 46.4 Å². The lowest BCUT2D eigenvalue weighted by atomic mass is 10.2. The van der Waals surface area contributed by atoms with Gasteiger partial charge >= 0.3 is 0 Å². The van der Waals surface area contributed by atoms with E-state index in [9.17, 15) is 9.59 Å². The molecule has 0 atom stereocenters. The van der Waals surface area contributed by atoms with Crippen LogP contribution in [-0.2, 0) is 9.59 Å². The van der Waals surface area contributed by atoms with Gasteiger partial charge in [-0.2, -0.15) is 0 Å². The third-order valence-corrected chi connectivity index (χ3v) is 6.21. The average Bonchev–Trinajstić information content (AvgIpc) is 2.83. The highest BCUT2D eigenvalue weighted by Gasteiger charge is 2.06. The monoisotopic (exact) mass is 576 g/mol. The largest absolute Gasteiger partial charge is 0.492 e. The van der Waals surface area contributed by atoms with Gasteiger partial charge < -0.3 is 20.1 Å². The van der Waals surface area contributed by atoms with Crippen LogP contribution in [0.1, 0.15) is 51.4 Å². The number of nitrogens with one attached hydrogen (secondary N) is 2. The van der Waals surface area contributed by atoms with Crippen LogP contribution in [0.15, 0.2) is 36.4 Å². The second-order valence-corrected chi connectivity index (χ2v) is 9.85. The quantitative estimate of drug-likeness (QED) is 0.196. The summed E-state index contributed by atoms with van der Waals surface area (Å²) in [5.41, 5.74) is 0. The fourth-order valence-corrected chi connectivity index (χ4v) is 4.18. The topological polar surface area (TPSA) is 76.7 Å². The molecular formula is C26H32Cl4N2O4. The van der Waals surface area contributed by atoms with E-state index >= 15 is 0 Å². The molecule has 6 nitrogen and oxygen atoms in total. The molecule has 0 aromatic heterocycles. The molecule has 2 aromatic rings. The van der Waals surface area contributed by atoms with Crippen molar-refractivity contribution in [2.75, 3.05) is 26.3 Å². The van der Waals surface area contributed by atoms with E-state index in [1.165, 1.54) is 0 Å². The van der Waals surface area contributed by atoms with Gasteiger partial charge in [0.2, 0.25) is 11.8 Å². The zero-order valence-electron chi connectivity index (χ0n) is 20.1. The van der Waals surface area contributed by atoms with Crippen molar-refractivity contribution < 1.29 is 19.1 Å². The van der Waals surface area contributed by atoms with E-state index in [4.69, 9.17) is 55.9 Å². The van der Waals surface area contributed by atoms with Gasteiger partial charge in [0, 0.05) is 36.0 Å². The number of rotatable bonds is 17. The van der Waals surface area contributed by atoms with Gasteiger partial charge in [0.05, 0.1) is 23.3 Å². The summed E-state index contributed by atoms with van der Waals surface area (Å²) in [6.45, 7) is 2.10. The molecule has 0 bridgehead atoms. The zero-order chi connectivity index (χ0) is 26.2. The Bertz CT molecular complexity index is 897. The molecule has 0 saturated carbocycles. The predicted molar refractivity (Wildman–Crippen MR) is 147 cm³/mol. The molecule has 2 rings (SSSR count). The van der Waals surface area contributed by atoms with Gasteiger partial charge in [0.1, 0.15) is 11.5 Å². The molecule has 0 unspecified atom stereocenters. The van der Waals surface area contributed by atoms with Crippen LogP contribution in [0.2, 0.25) is 20.1 Å². The number of benzene rings is 2. The van der Waals surface area contributed by atoms with Crippen molar-refractivity contribution in [3.05, 3.63) is 56.5 Å². The highest BCUT2D eigenvalue weighted by atomic mass is 35.5. The summed E-state index contributed by atoms with van der Waals surface area (Å²) in [4.78, 5) is 23.8. The number of unbranched alkanes of at least 4 members (excludes halogenated alkanes) is 3. The van der Waals surface area contributed by atoms with E-state index in [-0.39, 0.29) is 11.8 Å². The first-order valence-electron chi connectivity index (χ1n) is 12.0. The number of amides is 2. The Morgan fingerprint density at radius 1 is 0.611 bits per heavy atom. The minimum Gasteiger partial charge on any atom is -0.492 e. The second-order valence-electron chi connectivity index (χ2n) is 8.17. The summed E-state index contributed by atoms with van der Waals surface area (Å²) in [5, 5.41) is 7.86. The standard InChI is InChI=1S/C26H32Cl4N2O4/c27-19-9-11-23(21(29)17-19)35-15-5-7-25(33)31-13-3-1-2-4-14-32-26(34)8-6-16-36-24-12-10-20(28)18-22(24)30/h9-12,17-18H,1-8,13-16H2,(H,31,33)(H,32,34). The van der Waals surface area contributed by atoms with Crippen molar-refractivity contribution >= 4 is 58.2 Å². The smallest absolute Gasteiger partial charge is 0.220 e. The lowest BCUT2D eigenvalue weighted by Crippen LogP contribution is -2.25. The SMILES string of the molecule is O=C(CCCOc1ccc(Cl)cc1Cl)NCCCCCCNC(=O)CCCOc1ccc(Cl)cc1Cl. The van der Waals surface area contributed by atoms with Gasteiger partial charge in [-0.15, -0.1) is 0 Å². The summed E-state index contributed by atoms with van der Waals surface area (Å²) >= 11 is 23.8. The van der Waals surface area contributed by atoms with Crippen LogP contribution in [0, 0.1) is 0 Å². The zero-order valence-corrected chi connectivity index (χ0v) is 23.1. The first kappa shape index (κ1) is 30.4. The Hall–Kier alpha value is -1.86. The molecule has 36 heavy (non-hydrogen) atoms. The molecule has 0 aliphatic heterocycles. The maximum atomic E-state index is 11.9. The summed E-state index contributed by atoms with van der Waals surface area (Å²) in [5.74, 6) is 1.14. The van der Waals surface area contributed by atoms with Crippen LogP contribution in [0.3, 0.4) is 0 Å². The molecule has 0 spiro atoms. The van der Waals surface area contributed by atoms with Gasteiger partial charge in [-0.3, -0.25) is 9.59 Å². The van der Waals surface area contributed by atoms with E-state index < -0.39 is 0 Å². The molecule has 2 amide bonds. The average molecular weight is 578 g/mol. The van der Waals surface area contributed by atoms with Crippen molar-refractivity contribution in [1.29, 1.82) is 0 Å². The first-order chi connectivity index (χ1) is 17.3. The Labute approximate surface area is 232 Å². The molecule has 0 fully saturated rings. The van der Waals surface area contributed by atoms with Crippen molar-refractivity contribution in [2.24, 2.45) is 0 Å². The minimum atomic E-state index is 0.00961. The molecule has 0 radical (unpaired) electrons. The van der Waals surface area contributed by atoms with Crippen LogP contribution in [-0.4, -0.2) is 38.1 Å². The first-order valence-corrected chi connectivity index (χ1v) is 13.6. The van der Waals surface area contributed by atoms with E-state index in [1.54, 1.807) is 36.4 Å². The molecule has 0 heterocycles. The van der Waals surface area contributed by atoms with Crippen LogP contribution in [0.4, 0.5) is 0 Å². The summed E-state index contributed by atoms with van der Waals surface area (Å²) in [6, 6.07) is 10.1. The lowest BCUT2D eigenvalue weighted by molar-refractivity contribution is -0.122. The highest BCUT2D eigenvalue weighted by molar-refractivity contribution is 6.36. The summed E-state index contributed by atoms with van der Waals surface area (Å²) in [7, 11) is 0. The van der Waals surface area contributed by atoms with Gasteiger partial charge in [-0.1, -0.05) is 59.2 Å². The number of carbonyl (C=O) groups excluding carboxylic acids is 2. The molecule has 0 saturated heterocycles. The number of hydrogen-bond donors (Lipinski definition) is 2. The van der Waals surface area contributed by atoms with Crippen molar-refractivity contribution in [3.8, 4) is 11.5 Å². The molecular weight excluding hydrogens is 546 g/mol. The van der Waals surface area contributed by atoms with Crippen LogP contribution < -0.4 is 20.1 Å². The maximum Gasteiger partial charge on any atom is 0.220 e. The molecule has 198 valence electrons. The third-order valence-electron chi connectivity index (χ3n) is 5.15. The lowest BCUT2D eigenvalue weighted by Gasteiger charge is -2.09. The van der Waals surface area contributed by atoms with Gasteiger partial charge in [-0.05, 0) is 62.1 Å². The third kappa shape index (κ3) is 12.9. The molecule has 2 N–H and O–H groups in total. The van der Waals surface area contributed by atoms with Crippen LogP contribution in [0.5, 0.6) is 11.5 Å². The fraction of sp³-hybridized carbons (Fsp3) is 0.462. The van der Waals surface area contributed by atoms with Crippen LogP contribution in [0.25, 0.3) is 0 Å². The Kier molecular flexibility index (Phi) is 14.8. The van der Waals surface area contributed by atoms with Crippen molar-refractivity contribution in [2.45, 2.75) is 51.4 Å². The van der Waals surface area contributed by atoms with Gasteiger partial charge in [0.15, 0.2) is 0 Å². The van der Waals surface area contributed by atoms with E-state index in [2.05, 4.69) is 10.6 Å². The molecule has 0 aliphatic rings. The number of ether oxygens (including phenoxy) is 2. The predicted octanol–water partition coefficient (Wildman–Crippen LogP) is 7.11. The molecule has 2 aromatic carbocycles. The summed E-state index contributed by atoms with van der Waals surface area (Å²) in [6.07, 6.45) is 5.79. The number of hydrogen-bond acceptors (Lipinski definition) is 4. The second kappa shape index (κ2) is 17.6. The maximum absolute atomic E-state index is 11.9. The van der Waals surface area contributed by atoms with Gasteiger partial charge in [0.25, 0.3) is 0 Å². The van der Waals surface area contributed by atoms with Crippen molar-refractivity contribution in [1.82, 2.24) is 10.6 Å². The van der Waals surface area contributed by atoms with E-state index in [0.717, 1.165) is 25.7 Å². The Morgan fingerprint density at radius 2 is 1.03 bits per heavy atom. The Morgan fingerprint density at radius 3 is 1.42 bits per heavy atom. The molecule has 10 heteroatoms. The number of carbonyl (C=O) groups is 2. The van der Waals surface area contributed by atoms with E-state index in [1.807, 2.05) is 0 Å². The fourth-order valence-electron chi connectivity index (χ4n) is 3.25. The minimum absolute atomic E-state index is 0.00961.